The molecule has 0 N–H and O–H groups in total. The number of benzene rings is 1. The predicted molar refractivity (Wildman–Crippen MR) is 54.4 cm³/mol. The van der Waals surface area contributed by atoms with E-state index in [1.54, 1.807) is 6.07 Å². The number of aldehydes is 1. The van der Waals surface area contributed by atoms with Gasteiger partial charge < -0.3 is 9.47 Å². The van der Waals surface area contributed by atoms with Crippen molar-refractivity contribution in [1.29, 1.82) is 0 Å². The van der Waals surface area contributed by atoms with Crippen molar-refractivity contribution in [3.8, 4) is 5.75 Å². The van der Waals surface area contributed by atoms with Gasteiger partial charge in [0.1, 0.15) is 12.0 Å². The van der Waals surface area contributed by atoms with Gasteiger partial charge in [0.15, 0.2) is 6.61 Å². The van der Waals surface area contributed by atoms with E-state index in [1.807, 2.05) is 0 Å². The fraction of sp³-hybridized carbons (Fsp3) is 0.200. The number of hydrogen-bond donors (Lipinski definition) is 0. The lowest BCUT2D eigenvalue weighted by atomic mass is 10.2. The Hall–Kier alpha value is -1.55. The molecule has 0 unspecified atom stereocenters. The van der Waals surface area contributed by atoms with Crippen LogP contribution in [0.2, 0.25) is 5.02 Å². The second kappa shape index (κ2) is 5.36. The minimum Gasteiger partial charge on any atom is -0.480 e. The summed E-state index contributed by atoms with van der Waals surface area (Å²) in [4.78, 5) is 21.3. The van der Waals surface area contributed by atoms with E-state index in [0.29, 0.717) is 16.9 Å². The zero-order valence-electron chi connectivity index (χ0n) is 8.03. The van der Waals surface area contributed by atoms with Crippen LogP contribution >= 0.6 is 11.6 Å². The summed E-state index contributed by atoms with van der Waals surface area (Å²) in [6, 6.07) is 4.54. The Morgan fingerprint density at radius 1 is 1.53 bits per heavy atom. The summed E-state index contributed by atoms with van der Waals surface area (Å²) in [6.45, 7) is -0.238. The molecule has 0 fully saturated rings. The second-order valence-corrected chi connectivity index (χ2v) is 3.08. The third-order valence-corrected chi connectivity index (χ3v) is 1.98. The van der Waals surface area contributed by atoms with E-state index in [9.17, 15) is 9.59 Å². The van der Waals surface area contributed by atoms with Gasteiger partial charge in [-0.1, -0.05) is 11.6 Å². The number of ether oxygens (including phenoxy) is 2. The number of carbonyl (C=O) groups excluding carboxylic acids is 2. The fourth-order valence-corrected chi connectivity index (χ4v) is 1.07. The van der Waals surface area contributed by atoms with Crippen LogP contribution in [0.15, 0.2) is 18.2 Å². The Morgan fingerprint density at radius 3 is 2.87 bits per heavy atom. The van der Waals surface area contributed by atoms with Gasteiger partial charge in [-0.3, -0.25) is 4.79 Å². The SMILES string of the molecule is COC(=O)COc1cc(C=O)ccc1Cl. The molecule has 0 amide bonds. The van der Waals surface area contributed by atoms with E-state index in [-0.39, 0.29) is 12.4 Å². The maximum Gasteiger partial charge on any atom is 0.343 e. The molecule has 80 valence electrons. The molecule has 0 saturated heterocycles. The van der Waals surface area contributed by atoms with Gasteiger partial charge in [0.2, 0.25) is 0 Å². The summed E-state index contributed by atoms with van der Waals surface area (Å²) in [5.74, 6) is -0.228. The lowest BCUT2D eigenvalue weighted by Crippen LogP contribution is -2.12. The first kappa shape index (κ1) is 11.5. The number of rotatable bonds is 4. The monoisotopic (exact) mass is 228 g/mol. The highest BCUT2D eigenvalue weighted by Gasteiger charge is 2.06. The van der Waals surface area contributed by atoms with Crippen molar-refractivity contribution in [3.63, 3.8) is 0 Å². The third-order valence-electron chi connectivity index (χ3n) is 1.66. The second-order valence-electron chi connectivity index (χ2n) is 2.67. The maximum atomic E-state index is 10.8. The normalized spacial score (nSPS) is 9.47. The lowest BCUT2D eigenvalue weighted by molar-refractivity contribution is -0.142. The van der Waals surface area contributed by atoms with Crippen molar-refractivity contribution >= 4 is 23.9 Å². The smallest absolute Gasteiger partial charge is 0.343 e. The molecule has 5 heteroatoms. The highest BCUT2D eigenvalue weighted by molar-refractivity contribution is 6.32. The molecule has 0 heterocycles. The first-order valence-electron chi connectivity index (χ1n) is 4.11. The average Bonchev–Trinajstić information content (AvgIpc) is 2.27. The molecular formula is C10H9ClO4. The van der Waals surface area contributed by atoms with Crippen LogP contribution in [0.3, 0.4) is 0 Å². The van der Waals surface area contributed by atoms with Crippen LogP contribution in [0.5, 0.6) is 5.75 Å². The summed E-state index contributed by atoms with van der Waals surface area (Å²) in [6.07, 6.45) is 0.668. The molecule has 0 aliphatic heterocycles. The van der Waals surface area contributed by atoms with E-state index >= 15 is 0 Å². The van der Waals surface area contributed by atoms with Gasteiger partial charge in [0, 0.05) is 5.56 Å². The van der Waals surface area contributed by atoms with E-state index < -0.39 is 5.97 Å². The zero-order valence-corrected chi connectivity index (χ0v) is 8.78. The molecule has 0 saturated carbocycles. The van der Waals surface area contributed by atoms with Gasteiger partial charge in [-0.05, 0) is 18.2 Å². The molecule has 1 aromatic carbocycles. The molecule has 0 aliphatic carbocycles. The minimum absolute atomic E-state index is 0.238. The van der Waals surface area contributed by atoms with Crippen LogP contribution in [-0.4, -0.2) is 26.0 Å². The molecule has 1 aromatic rings. The number of carbonyl (C=O) groups is 2. The first-order valence-corrected chi connectivity index (χ1v) is 4.49. The number of esters is 1. The largest absolute Gasteiger partial charge is 0.480 e. The number of methoxy groups -OCH3 is 1. The van der Waals surface area contributed by atoms with Crippen LogP contribution in [0, 0.1) is 0 Å². The topological polar surface area (TPSA) is 52.6 Å². The van der Waals surface area contributed by atoms with Gasteiger partial charge in [-0.2, -0.15) is 0 Å². The Kier molecular flexibility index (Phi) is 4.12. The third kappa shape index (κ3) is 3.25. The Labute approximate surface area is 91.7 Å². The molecule has 0 aromatic heterocycles. The lowest BCUT2D eigenvalue weighted by Gasteiger charge is -2.06. The summed E-state index contributed by atoms with van der Waals surface area (Å²) in [7, 11) is 1.26. The number of hydrogen-bond acceptors (Lipinski definition) is 4. The van der Waals surface area contributed by atoms with Crippen molar-refractivity contribution in [1.82, 2.24) is 0 Å². The highest BCUT2D eigenvalue weighted by Crippen LogP contribution is 2.24. The van der Waals surface area contributed by atoms with E-state index in [1.165, 1.54) is 19.2 Å². The summed E-state index contributed by atoms with van der Waals surface area (Å²) in [5.41, 5.74) is 0.430. The van der Waals surface area contributed by atoms with Crippen LogP contribution in [-0.2, 0) is 9.53 Å². The molecular weight excluding hydrogens is 220 g/mol. The van der Waals surface area contributed by atoms with Crippen LogP contribution in [0.4, 0.5) is 0 Å². The molecule has 0 aliphatic rings. The molecule has 0 spiro atoms. The molecule has 0 atom stereocenters. The predicted octanol–water partition coefficient (Wildman–Crippen LogP) is 1.70. The average molecular weight is 229 g/mol. The molecule has 15 heavy (non-hydrogen) atoms. The van der Waals surface area contributed by atoms with Crippen molar-refractivity contribution in [2.45, 2.75) is 0 Å². The molecule has 1 rings (SSSR count). The molecule has 0 radical (unpaired) electrons. The van der Waals surface area contributed by atoms with Crippen molar-refractivity contribution in [3.05, 3.63) is 28.8 Å². The van der Waals surface area contributed by atoms with Crippen LogP contribution in [0.25, 0.3) is 0 Å². The van der Waals surface area contributed by atoms with Gasteiger partial charge in [0.25, 0.3) is 0 Å². The van der Waals surface area contributed by atoms with Crippen LogP contribution < -0.4 is 4.74 Å². The quantitative estimate of drug-likeness (QED) is 0.582. The first-order chi connectivity index (χ1) is 7.17. The summed E-state index contributed by atoms with van der Waals surface area (Å²) < 4.78 is 9.46. The van der Waals surface area contributed by atoms with E-state index in [4.69, 9.17) is 16.3 Å². The summed E-state index contributed by atoms with van der Waals surface area (Å²) in [5, 5.41) is 0.338. The van der Waals surface area contributed by atoms with Gasteiger partial charge >= 0.3 is 5.97 Å². The maximum absolute atomic E-state index is 10.8. The van der Waals surface area contributed by atoms with Crippen LogP contribution in [0.1, 0.15) is 10.4 Å². The van der Waals surface area contributed by atoms with Crippen molar-refractivity contribution < 1.29 is 19.1 Å². The minimum atomic E-state index is -0.512. The number of halogens is 1. The molecule has 4 nitrogen and oxygen atoms in total. The summed E-state index contributed by atoms with van der Waals surface area (Å²) >= 11 is 5.79. The zero-order chi connectivity index (χ0) is 11.3. The van der Waals surface area contributed by atoms with E-state index in [2.05, 4.69) is 4.74 Å². The standard InChI is InChI=1S/C10H9ClO4/c1-14-10(13)6-15-9-4-7(5-12)2-3-8(9)11/h2-5H,6H2,1H3. The van der Waals surface area contributed by atoms with Crippen molar-refractivity contribution in [2.75, 3.05) is 13.7 Å². The van der Waals surface area contributed by atoms with Gasteiger partial charge in [0.05, 0.1) is 12.1 Å². The van der Waals surface area contributed by atoms with Crippen molar-refractivity contribution in [2.24, 2.45) is 0 Å². The molecule has 0 bridgehead atoms. The highest BCUT2D eigenvalue weighted by atomic mass is 35.5. The Morgan fingerprint density at radius 2 is 2.27 bits per heavy atom. The van der Waals surface area contributed by atoms with E-state index in [0.717, 1.165) is 0 Å². The Bertz CT molecular complexity index is 376. The van der Waals surface area contributed by atoms with Gasteiger partial charge in [-0.25, -0.2) is 4.79 Å². The van der Waals surface area contributed by atoms with Gasteiger partial charge in [-0.15, -0.1) is 0 Å². The fourth-order valence-electron chi connectivity index (χ4n) is 0.899. The Balaban J connectivity index is 2.75.